The molecule has 3 aliphatic rings. The summed E-state index contributed by atoms with van der Waals surface area (Å²) in [6.45, 7) is 12.5. The van der Waals surface area contributed by atoms with Gasteiger partial charge in [0, 0.05) is 67.2 Å². The molecule has 2 unspecified atom stereocenters. The Bertz CT molecular complexity index is 1770. The number of Topliss-reactive ketones (excluding diaryl/α,β-unsaturated/α-hetero) is 1. The molecule has 5 bridgehead atoms. The van der Waals surface area contributed by atoms with Gasteiger partial charge in [-0.2, -0.15) is 0 Å². The molecule has 0 aliphatic carbocycles. The van der Waals surface area contributed by atoms with E-state index in [1.54, 1.807) is 39.8 Å². The molecule has 1 amide bonds. The number of benzene rings is 2. The molecular weight excluding hydrogens is 673 g/mol. The van der Waals surface area contributed by atoms with Crippen LogP contribution in [0.15, 0.2) is 42.2 Å². The zero-order valence-corrected chi connectivity index (χ0v) is 32.7. The molecule has 3 heterocycles. The molecule has 14 heteroatoms. The molecule has 5 rings (SSSR count). The van der Waals surface area contributed by atoms with Gasteiger partial charge in [0.05, 0.1) is 41.2 Å². The van der Waals surface area contributed by atoms with Gasteiger partial charge in [-0.15, -0.1) is 0 Å². The van der Waals surface area contributed by atoms with Crippen LogP contribution in [0.3, 0.4) is 0 Å². The number of phenolic OH excluding ortho intramolecular Hbond substituents is 3. The van der Waals surface area contributed by atoms with Crippen molar-refractivity contribution in [2.75, 3.05) is 12.4 Å². The van der Waals surface area contributed by atoms with Crippen LogP contribution in [0.1, 0.15) is 64.4 Å². The second-order valence-corrected chi connectivity index (χ2v) is 13.4. The summed E-state index contributed by atoms with van der Waals surface area (Å²) in [7, 11) is 1.43. The summed E-state index contributed by atoms with van der Waals surface area (Å²) in [6.07, 6.45) is 3.62. The molecule has 0 saturated carbocycles. The number of aromatic hydroxyl groups is 3. The van der Waals surface area contributed by atoms with Crippen molar-refractivity contribution < 1.29 is 88.4 Å². The van der Waals surface area contributed by atoms with Crippen molar-refractivity contribution in [2.45, 2.75) is 85.6 Å². The molecule has 13 nitrogen and oxygen atoms in total. The van der Waals surface area contributed by atoms with Gasteiger partial charge < -0.3 is 49.8 Å². The molecular formula is C37H47NNaO12+. The number of esters is 1. The van der Waals surface area contributed by atoms with E-state index in [9.17, 15) is 39.9 Å². The Hall–Kier alpha value is -3.59. The van der Waals surface area contributed by atoms with E-state index in [1.165, 1.54) is 53.2 Å². The number of allylic oxidation sites excluding steroid dienone is 2. The fraction of sp³-hybridized carbons (Fsp3) is 0.486. The van der Waals surface area contributed by atoms with Crippen LogP contribution in [-0.4, -0.2) is 80.5 Å². The first-order valence-corrected chi connectivity index (χ1v) is 16.4. The van der Waals surface area contributed by atoms with Crippen LogP contribution < -0.4 is 39.6 Å². The molecule has 0 radical (unpaired) electrons. The molecule has 2 aromatic rings. The fourth-order valence-corrected chi connectivity index (χ4v) is 6.65. The van der Waals surface area contributed by atoms with Crippen LogP contribution in [0.25, 0.3) is 10.8 Å². The van der Waals surface area contributed by atoms with Crippen molar-refractivity contribution in [3.63, 3.8) is 0 Å². The summed E-state index contributed by atoms with van der Waals surface area (Å²) in [5.74, 6) is -7.99. The second kappa shape index (κ2) is 16.4. The number of carbonyl (C=O) groups excluding carboxylic acids is 3. The summed E-state index contributed by atoms with van der Waals surface area (Å²) in [4.78, 5) is 39.2. The van der Waals surface area contributed by atoms with Crippen molar-refractivity contribution in [1.29, 1.82) is 0 Å². The van der Waals surface area contributed by atoms with E-state index in [0.29, 0.717) is 0 Å². The summed E-state index contributed by atoms with van der Waals surface area (Å²) < 4.78 is 23.2. The Balaban J connectivity index is 0.00000702. The third-order valence-electron chi connectivity index (χ3n) is 9.84. The molecule has 9 atom stereocenters. The maximum absolute atomic E-state index is 13.9. The van der Waals surface area contributed by atoms with Gasteiger partial charge in [-0.25, -0.2) is 0 Å². The number of rotatable bonds is 2. The summed E-state index contributed by atoms with van der Waals surface area (Å²) in [6, 6.07) is 1.06. The predicted molar refractivity (Wildman–Crippen MR) is 184 cm³/mol. The van der Waals surface area contributed by atoms with E-state index in [1.807, 2.05) is 0 Å². The number of phenols is 3. The second-order valence-electron chi connectivity index (χ2n) is 13.4. The van der Waals surface area contributed by atoms with Gasteiger partial charge in [0.25, 0.3) is 11.7 Å². The van der Waals surface area contributed by atoms with E-state index in [2.05, 4.69) is 5.32 Å². The standard InChI is InChI=1S/C37H47NO12.Na/c1-16-11-10-12-17(2)36(46)38-23-15-24(40)26-27(32(23)44)31(43)21(6)34-28(26)35(45)37(8,50-34)48-14-13-25(47-9)18(3)33(49-22(7)39)20(5)30(42)19(4)29(16)41;/h10-16,18-20,25,29-30,33,40-44H,1-9H3,(H,38,46);/q;+1/b11-10+,14-13+,17-12-;/t16-,18+,19+,20+,25?,29?,30+,33+,37-;/m0./s1. The molecule has 272 valence electrons. The minimum atomic E-state index is -1.98. The Kier molecular flexibility index (Phi) is 13.4. The average molecular weight is 721 g/mol. The number of fused-ring (bicyclic) bond motifs is 14. The maximum atomic E-state index is 13.9. The van der Waals surface area contributed by atoms with Gasteiger partial charge in [0.1, 0.15) is 23.4 Å². The van der Waals surface area contributed by atoms with E-state index >= 15 is 0 Å². The first kappa shape index (κ1) is 41.8. The number of carbonyl (C=O) groups is 3. The number of hydrogen-bond donors (Lipinski definition) is 6. The van der Waals surface area contributed by atoms with E-state index in [0.717, 1.165) is 6.07 Å². The zero-order chi connectivity index (χ0) is 37.4. The summed E-state index contributed by atoms with van der Waals surface area (Å²) in [5.41, 5.74) is -0.0929. The summed E-state index contributed by atoms with van der Waals surface area (Å²) in [5, 5.41) is 58.2. The third kappa shape index (κ3) is 8.08. The average Bonchev–Trinajstić information content (AvgIpc) is 3.33. The first-order valence-electron chi connectivity index (χ1n) is 16.4. The number of aliphatic hydroxyl groups excluding tert-OH is 2. The van der Waals surface area contributed by atoms with Gasteiger partial charge in [-0.1, -0.05) is 45.9 Å². The number of ether oxygens (including phenoxy) is 4. The van der Waals surface area contributed by atoms with Gasteiger partial charge >= 0.3 is 41.3 Å². The molecule has 3 aliphatic heterocycles. The number of aliphatic hydroxyl groups is 2. The molecule has 0 saturated heterocycles. The topological polar surface area (TPSA) is 201 Å². The van der Waals surface area contributed by atoms with E-state index < -0.39 is 88.8 Å². The number of nitrogens with one attached hydrogen (secondary N) is 1. The number of amides is 1. The zero-order valence-electron chi connectivity index (χ0n) is 30.7. The normalized spacial score (nSPS) is 32.6. The number of hydrogen-bond acceptors (Lipinski definition) is 12. The smallest absolute Gasteiger partial charge is 0.507 e. The molecule has 2 aromatic carbocycles. The minimum Gasteiger partial charge on any atom is -0.507 e. The quantitative estimate of drug-likeness (QED) is 0.114. The first-order chi connectivity index (χ1) is 23.4. The number of anilines is 1. The molecule has 51 heavy (non-hydrogen) atoms. The van der Waals surface area contributed by atoms with Crippen LogP contribution >= 0.6 is 0 Å². The van der Waals surface area contributed by atoms with Crippen molar-refractivity contribution in [1.82, 2.24) is 0 Å². The van der Waals surface area contributed by atoms with Gasteiger partial charge in [-0.05, 0) is 19.9 Å². The van der Waals surface area contributed by atoms with Crippen molar-refractivity contribution in [3.8, 4) is 23.0 Å². The SMILES string of the molecule is COC1/C=C/O[C@@]2(C)Oc3c(C)c(O)c4c(O)c(cc(O)c4c3C2=O)NC(=O)/C(C)=C\C=C\[C@H](C)C(O)[C@@H](C)[C@@H](O)[C@@H](C)[C@H](OC(C)=O)[C@@H]1C.[Na+]. The molecule has 0 fully saturated rings. The Morgan fingerprint density at radius 1 is 0.941 bits per heavy atom. The molecule has 0 aromatic heterocycles. The van der Waals surface area contributed by atoms with Crippen LogP contribution in [0, 0.1) is 30.6 Å². The van der Waals surface area contributed by atoms with Crippen LogP contribution in [-0.2, 0) is 23.8 Å². The van der Waals surface area contributed by atoms with Crippen LogP contribution in [0.5, 0.6) is 23.0 Å². The largest absolute Gasteiger partial charge is 1.00 e. The van der Waals surface area contributed by atoms with E-state index in [4.69, 9.17) is 18.9 Å². The third-order valence-corrected chi connectivity index (χ3v) is 9.84. The molecule has 6 N–H and O–H groups in total. The maximum Gasteiger partial charge on any atom is 1.00 e. The van der Waals surface area contributed by atoms with Gasteiger partial charge in [0.2, 0.25) is 0 Å². The Morgan fingerprint density at radius 2 is 1.59 bits per heavy atom. The fourth-order valence-electron chi connectivity index (χ4n) is 6.65. The van der Waals surface area contributed by atoms with Crippen molar-refractivity contribution >= 4 is 34.1 Å². The van der Waals surface area contributed by atoms with Gasteiger partial charge in [0.15, 0.2) is 5.75 Å². The van der Waals surface area contributed by atoms with Crippen molar-refractivity contribution in [3.05, 3.63) is 53.3 Å². The monoisotopic (exact) mass is 720 g/mol. The predicted octanol–water partition coefficient (Wildman–Crippen LogP) is 1.76. The summed E-state index contributed by atoms with van der Waals surface area (Å²) >= 11 is 0. The number of methoxy groups -OCH3 is 1. The van der Waals surface area contributed by atoms with E-state index in [-0.39, 0.29) is 68.5 Å². The van der Waals surface area contributed by atoms with Gasteiger partial charge in [-0.3, -0.25) is 14.4 Å². The minimum absolute atomic E-state index is 0. The van der Waals surface area contributed by atoms with Crippen molar-refractivity contribution in [2.24, 2.45) is 23.7 Å². The number of ketones is 1. The van der Waals surface area contributed by atoms with Crippen LogP contribution in [0.2, 0.25) is 0 Å². The molecule has 0 spiro atoms. The Labute approximate surface area is 319 Å². The van der Waals surface area contributed by atoms with Crippen LogP contribution in [0.4, 0.5) is 5.69 Å². The Morgan fingerprint density at radius 3 is 2.20 bits per heavy atom.